The van der Waals surface area contributed by atoms with Gasteiger partial charge in [-0.2, -0.15) is 0 Å². The van der Waals surface area contributed by atoms with Gasteiger partial charge < -0.3 is 16.4 Å². The van der Waals surface area contributed by atoms with Crippen molar-refractivity contribution in [3.05, 3.63) is 36.7 Å². The average Bonchev–Trinajstić information content (AvgIpc) is 2.80. The van der Waals surface area contributed by atoms with E-state index >= 15 is 0 Å². The molecule has 0 amide bonds. The first kappa shape index (κ1) is 19.8. The fourth-order valence-corrected chi connectivity index (χ4v) is 4.10. The summed E-state index contributed by atoms with van der Waals surface area (Å²) in [6, 6.07) is 0.508. The van der Waals surface area contributed by atoms with Gasteiger partial charge in [0.05, 0.1) is 0 Å². The molecule has 0 radical (unpaired) electrons. The van der Waals surface area contributed by atoms with Gasteiger partial charge in [0.2, 0.25) is 0 Å². The van der Waals surface area contributed by atoms with Crippen LogP contribution >= 0.6 is 0 Å². The number of allylic oxidation sites excluding steroid dienone is 3. The first-order valence-corrected chi connectivity index (χ1v) is 9.21. The molecule has 0 aliphatic heterocycles. The zero-order valence-corrected chi connectivity index (χ0v) is 15.4. The first-order valence-electron chi connectivity index (χ1n) is 9.21. The molecule has 3 heteroatoms. The van der Waals surface area contributed by atoms with Crippen LogP contribution in [0.15, 0.2) is 36.7 Å². The van der Waals surface area contributed by atoms with Crippen LogP contribution in [0.1, 0.15) is 52.9 Å². The molecule has 1 rings (SSSR count). The SMILES string of the molecule is C=C(C)NCCCC1C(NC(=C)/C=C\C)CC(CCC)C1CN. The minimum Gasteiger partial charge on any atom is -0.389 e. The topological polar surface area (TPSA) is 50.1 Å². The average molecular weight is 320 g/mol. The molecule has 0 bridgehead atoms. The second-order valence-corrected chi connectivity index (χ2v) is 6.97. The third-order valence-corrected chi connectivity index (χ3v) is 5.04. The lowest BCUT2D eigenvalue weighted by molar-refractivity contribution is 0.274. The molecule has 1 saturated carbocycles. The number of hydrogen-bond acceptors (Lipinski definition) is 3. The summed E-state index contributed by atoms with van der Waals surface area (Å²) in [5.74, 6) is 2.03. The Morgan fingerprint density at radius 3 is 2.57 bits per heavy atom. The van der Waals surface area contributed by atoms with E-state index in [0.29, 0.717) is 17.9 Å². The monoisotopic (exact) mass is 319 g/mol. The molecule has 4 unspecified atom stereocenters. The Morgan fingerprint density at radius 2 is 2.00 bits per heavy atom. The van der Waals surface area contributed by atoms with E-state index in [2.05, 4.69) is 36.8 Å². The van der Waals surface area contributed by atoms with Gasteiger partial charge in [-0.05, 0) is 63.5 Å². The van der Waals surface area contributed by atoms with Crippen LogP contribution in [0.2, 0.25) is 0 Å². The van der Waals surface area contributed by atoms with Crippen LogP contribution in [-0.2, 0) is 0 Å². The van der Waals surface area contributed by atoms with Crippen LogP contribution in [0.25, 0.3) is 0 Å². The largest absolute Gasteiger partial charge is 0.389 e. The predicted molar refractivity (Wildman–Crippen MR) is 102 cm³/mol. The normalized spacial score (nSPS) is 27.3. The summed E-state index contributed by atoms with van der Waals surface area (Å²) in [7, 11) is 0. The Balaban J connectivity index is 2.69. The summed E-state index contributed by atoms with van der Waals surface area (Å²) in [6.45, 7) is 16.2. The molecule has 23 heavy (non-hydrogen) atoms. The van der Waals surface area contributed by atoms with Crippen molar-refractivity contribution in [1.29, 1.82) is 0 Å². The summed E-state index contributed by atoms with van der Waals surface area (Å²) in [6.07, 6.45) is 10.2. The second-order valence-electron chi connectivity index (χ2n) is 6.97. The van der Waals surface area contributed by atoms with Crippen LogP contribution in [0.3, 0.4) is 0 Å². The van der Waals surface area contributed by atoms with E-state index < -0.39 is 0 Å². The van der Waals surface area contributed by atoms with Gasteiger partial charge in [-0.25, -0.2) is 0 Å². The maximum absolute atomic E-state index is 6.16. The Hall–Kier alpha value is -1.22. The summed E-state index contributed by atoms with van der Waals surface area (Å²) in [5.41, 5.74) is 8.23. The highest BCUT2D eigenvalue weighted by atomic mass is 14.9. The zero-order chi connectivity index (χ0) is 17.2. The van der Waals surface area contributed by atoms with Gasteiger partial charge in [0.1, 0.15) is 0 Å². The minimum absolute atomic E-state index is 0.508. The van der Waals surface area contributed by atoms with Gasteiger partial charge in [-0.1, -0.05) is 39.0 Å². The summed E-state index contributed by atoms with van der Waals surface area (Å²) < 4.78 is 0. The second kappa shape index (κ2) is 10.5. The molecule has 0 heterocycles. The standard InChI is InChI=1S/C20H37N3/c1-6-9-16(5)23-20-13-17(10-7-2)19(14-21)18(20)11-8-12-22-15(3)4/h6,9,17-20,22-23H,3,5,7-8,10-14,21H2,1-2,4H3/b9-6-. The number of nitrogens with two attached hydrogens (primary N) is 1. The lowest BCUT2D eigenvalue weighted by atomic mass is 9.84. The van der Waals surface area contributed by atoms with Gasteiger partial charge in [0, 0.05) is 24.0 Å². The highest BCUT2D eigenvalue weighted by Crippen LogP contribution is 2.42. The van der Waals surface area contributed by atoms with Gasteiger partial charge in [0.15, 0.2) is 0 Å². The van der Waals surface area contributed by atoms with Gasteiger partial charge >= 0.3 is 0 Å². The fraction of sp³-hybridized carbons (Fsp3) is 0.700. The van der Waals surface area contributed by atoms with Crippen LogP contribution < -0.4 is 16.4 Å². The molecule has 0 saturated heterocycles. The maximum Gasteiger partial charge on any atom is 0.0295 e. The Labute approximate surface area is 143 Å². The molecule has 4 N–H and O–H groups in total. The third-order valence-electron chi connectivity index (χ3n) is 5.04. The van der Waals surface area contributed by atoms with E-state index in [4.69, 9.17) is 5.73 Å². The van der Waals surface area contributed by atoms with Gasteiger partial charge in [-0.15, -0.1) is 0 Å². The van der Waals surface area contributed by atoms with E-state index in [1.54, 1.807) is 0 Å². The number of hydrogen-bond donors (Lipinski definition) is 3. The fourth-order valence-electron chi connectivity index (χ4n) is 4.10. The van der Waals surface area contributed by atoms with E-state index in [1.165, 1.54) is 32.1 Å². The van der Waals surface area contributed by atoms with E-state index in [-0.39, 0.29) is 0 Å². The Bertz CT molecular complexity index is 400. The van der Waals surface area contributed by atoms with Crippen LogP contribution in [-0.4, -0.2) is 19.1 Å². The molecule has 0 spiro atoms. The third kappa shape index (κ3) is 6.42. The first-order chi connectivity index (χ1) is 11.0. The number of rotatable bonds is 11. The summed E-state index contributed by atoms with van der Waals surface area (Å²) in [5, 5.41) is 7.00. The van der Waals surface area contributed by atoms with Gasteiger partial charge in [-0.3, -0.25) is 0 Å². The van der Waals surface area contributed by atoms with Crippen molar-refractivity contribution in [3.8, 4) is 0 Å². The number of nitrogens with one attached hydrogen (secondary N) is 2. The van der Waals surface area contributed by atoms with Crippen molar-refractivity contribution in [1.82, 2.24) is 10.6 Å². The van der Waals surface area contributed by atoms with E-state index in [0.717, 1.165) is 30.4 Å². The molecule has 4 atom stereocenters. The Morgan fingerprint density at radius 1 is 1.26 bits per heavy atom. The minimum atomic E-state index is 0.508. The van der Waals surface area contributed by atoms with Crippen molar-refractivity contribution < 1.29 is 0 Å². The molecule has 1 aliphatic carbocycles. The molecular weight excluding hydrogens is 282 g/mol. The molecule has 3 nitrogen and oxygen atoms in total. The quantitative estimate of drug-likeness (QED) is 0.399. The van der Waals surface area contributed by atoms with E-state index in [9.17, 15) is 0 Å². The molecule has 1 aliphatic rings. The van der Waals surface area contributed by atoms with Crippen LogP contribution in [0.5, 0.6) is 0 Å². The molecule has 1 fully saturated rings. The molecular formula is C20H37N3. The lowest BCUT2D eigenvalue weighted by Crippen LogP contribution is -2.35. The van der Waals surface area contributed by atoms with Crippen molar-refractivity contribution in [2.45, 2.75) is 58.9 Å². The predicted octanol–water partition coefficient (Wildman–Crippen LogP) is 3.95. The molecule has 0 aromatic heterocycles. The zero-order valence-electron chi connectivity index (χ0n) is 15.4. The Kier molecular flexibility index (Phi) is 9.08. The highest BCUT2D eigenvalue weighted by Gasteiger charge is 2.41. The molecule has 0 aromatic carbocycles. The van der Waals surface area contributed by atoms with E-state index in [1.807, 2.05) is 19.9 Å². The molecule has 0 aromatic rings. The van der Waals surface area contributed by atoms with Crippen LogP contribution in [0.4, 0.5) is 0 Å². The highest BCUT2D eigenvalue weighted by molar-refractivity contribution is 5.14. The summed E-state index contributed by atoms with van der Waals surface area (Å²) in [4.78, 5) is 0. The van der Waals surface area contributed by atoms with Crippen molar-refractivity contribution in [3.63, 3.8) is 0 Å². The maximum atomic E-state index is 6.16. The lowest BCUT2D eigenvalue weighted by Gasteiger charge is -2.27. The van der Waals surface area contributed by atoms with Crippen molar-refractivity contribution >= 4 is 0 Å². The van der Waals surface area contributed by atoms with Crippen molar-refractivity contribution in [2.24, 2.45) is 23.5 Å². The summed E-state index contributed by atoms with van der Waals surface area (Å²) >= 11 is 0. The molecule has 132 valence electrons. The van der Waals surface area contributed by atoms with Crippen LogP contribution in [0, 0.1) is 17.8 Å². The smallest absolute Gasteiger partial charge is 0.0295 e. The van der Waals surface area contributed by atoms with Crippen molar-refractivity contribution in [2.75, 3.05) is 13.1 Å². The van der Waals surface area contributed by atoms with Gasteiger partial charge in [0.25, 0.3) is 0 Å².